The van der Waals surface area contributed by atoms with Gasteiger partial charge in [-0.15, -0.1) is 11.3 Å². The Kier molecular flexibility index (Phi) is 2.80. The van der Waals surface area contributed by atoms with E-state index in [9.17, 15) is 9.90 Å². The lowest BCUT2D eigenvalue weighted by molar-refractivity contribution is -0.0667. The Bertz CT molecular complexity index is 415. The van der Waals surface area contributed by atoms with E-state index in [1.165, 1.54) is 10.4 Å². The lowest BCUT2D eigenvalue weighted by Gasteiger charge is -2.43. The number of nitrogens with zero attached hydrogens (tertiary/aromatic N) is 1. The molecule has 0 atom stereocenters. The summed E-state index contributed by atoms with van der Waals surface area (Å²) < 4.78 is 0. The fraction of sp³-hybridized carbons (Fsp3) is 0.583. The van der Waals surface area contributed by atoms with Gasteiger partial charge in [-0.25, -0.2) is 0 Å². The number of aryl methyl sites for hydroxylation is 2. The number of aliphatic hydroxyl groups is 1. The lowest BCUT2D eigenvalue weighted by Crippen LogP contribution is -2.61. The molecule has 1 saturated heterocycles. The Labute approximate surface area is 99.7 Å². The predicted molar refractivity (Wildman–Crippen MR) is 65.0 cm³/mol. The number of β-amino-alcohol motifs (C(OH)–C–C–N with tert-alkyl or cyclic N) is 1. The highest BCUT2D eigenvalue weighted by Crippen LogP contribution is 2.27. The Morgan fingerprint density at radius 2 is 2.25 bits per heavy atom. The quantitative estimate of drug-likeness (QED) is 0.855. The van der Waals surface area contributed by atoms with Crippen LogP contribution in [-0.2, 0) is 6.42 Å². The van der Waals surface area contributed by atoms with Crippen LogP contribution in [0.5, 0.6) is 0 Å². The van der Waals surface area contributed by atoms with Crippen molar-refractivity contribution in [3.63, 3.8) is 0 Å². The third-order valence-corrected chi connectivity index (χ3v) is 4.27. The highest BCUT2D eigenvalue weighted by atomic mass is 32.1. The van der Waals surface area contributed by atoms with Gasteiger partial charge in [-0.2, -0.15) is 0 Å². The van der Waals surface area contributed by atoms with Crippen LogP contribution < -0.4 is 0 Å². The van der Waals surface area contributed by atoms with Crippen LogP contribution >= 0.6 is 11.3 Å². The molecule has 2 heterocycles. The number of carbonyl (C=O) groups excluding carboxylic acids is 1. The van der Waals surface area contributed by atoms with Gasteiger partial charge in [0, 0.05) is 4.88 Å². The molecule has 1 aliphatic rings. The molecule has 1 aromatic rings. The van der Waals surface area contributed by atoms with Gasteiger partial charge in [0.05, 0.1) is 23.6 Å². The van der Waals surface area contributed by atoms with Crippen LogP contribution in [-0.4, -0.2) is 34.6 Å². The van der Waals surface area contributed by atoms with Crippen molar-refractivity contribution in [1.82, 2.24) is 4.90 Å². The van der Waals surface area contributed by atoms with Gasteiger partial charge in [0.2, 0.25) is 0 Å². The maximum atomic E-state index is 12.0. The number of hydrogen-bond acceptors (Lipinski definition) is 3. The van der Waals surface area contributed by atoms with Crippen molar-refractivity contribution in [2.75, 3.05) is 13.1 Å². The van der Waals surface area contributed by atoms with E-state index in [1.54, 1.807) is 23.2 Å². The van der Waals surface area contributed by atoms with Crippen molar-refractivity contribution in [1.29, 1.82) is 0 Å². The molecule has 1 aromatic heterocycles. The molecule has 1 N–H and O–H groups in total. The molecular formula is C12H17NO2S. The fourth-order valence-electron chi connectivity index (χ4n) is 2.05. The van der Waals surface area contributed by atoms with Crippen LogP contribution in [0.25, 0.3) is 0 Å². The van der Waals surface area contributed by atoms with Crippen LogP contribution in [0.15, 0.2) is 6.07 Å². The molecule has 0 aromatic carbocycles. The standard InChI is InChI=1S/C12H17NO2S/c1-4-9-8(2)5-10(16-9)11(14)13-6-12(3,15)7-13/h5,15H,4,6-7H2,1-3H3. The van der Waals surface area contributed by atoms with Gasteiger partial charge >= 0.3 is 0 Å². The van der Waals surface area contributed by atoms with E-state index in [0.717, 1.165) is 11.3 Å². The summed E-state index contributed by atoms with van der Waals surface area (Å²) in [6.07, 6.45) is 0.974. The Morgan fingerprint density at radius 1 is 1.62 bits per heavy atom. The number of rotatable bonds is 2. The van der Waals surface area contributed by atoms with Gasteiger partial charge in [0.1, 0.15) is 0 Å². The molecule has 0 radical (unpaired) electrons. The van der Waals surface area contributed by atoms with Gasteiger partial charge in [-0.1, -0.05) is 6.92 Å². The number of hydrogen-bond donors (Lipinski definition) is 1. The molecule has 0 spiro atoms. The molecule has 0 saturated carbocycles. The van der Waals surface area contributed by atoms with E-state index in [4.69, 9.17) is 0 Å². The summed E-state index contributed by atoms with van der Waals surface area (Å²) >= 11 is 1.57. The van der Waals surface area contributed by atoms with Crippen molar-refractivity contribution >= 4 is 17.2 Å². The Hall–Kier alpha value is -0.870. The number of amides is 1. The summed E-state index contributed by atoms with van der Waals surface area (Å²) in [5.41, 5.74) is 0.512. The first-order valence-corrected chi connectivity index (χ1v) is 6.35. The van der Waals surface area contributed by atoms with Crippen molar-refractivity contribution in [3.05, 3.63) is 21.4 Å². The van der Waals surface area contributed by atoms with Crippen molar-refractivity contribution < 1.29 is 9.90 Å². The molecule has 4 heteroatoms. The lowest BCUT2D eigenvalue weighted by atomic mass is 9.97. The molecule has 16 heavy (non-hydrogen) atoms. The maximum absolute atomic E-state index is 12.0. The predicted octanol–water partition coefficient (Wildman–Crippen LogP) is 1.83. The fourth-order valence-corrected chi connectivity index (χ4v) is 3.13. The summed E-state index contributed by atoms with van der Waals surface area (Å²) in [5.74, 6) is 0.0549. The minimum absolute atomic E-state index is 0.0549. The maximum Gasteiger partial charge on any atom is 0.264 e. The third-order valence-electron chi connectivity index (χ3n) is 2.90. The molecule has 0 aliphatic carbocycles. The van der Waals surface area contributed by atoms with Crippen LogP contribution in [0, 0.1) is 6.92 Å². The average molecular weight is 239 g/mol. The topological polar surface area (TPSA) is 40.5 Å². The average Bonchev–Trinajstić information content (AvgIpc) is 2.54. The largest absolute Gasteiger partial charge is 0.386 e. The van der Waals surface area contributed by atoms with E-state index in [-0.39, 0.29) is 5.91 Å². The van der Waals surface area contributed by atoms with Crippen molar-refractivity contribution in [3.8, 4) is 0 Å². The number of thiophene rings is 1. The monoisotopic (exact) mass is 239 g/mol. The van der Waals surface area contributed by atoms with E-state index in [1.807, 2.05) is 13.0 Å². The SMILES string of the molecule is CCc1sc(C(=O)N2CC(C)(O)C2)cc1C. The second-order valence-corrected chi connectivity index (χ2v) is 5.87. The molecule has 1 fully saturated rings. The van der Waals surface area contributed by atoms with Gasteiger partial charge in [0.25, 0.3) is 5.91 Å². The van der Waals surface area contributed by atoms with E-state index in [0.29, 0.717) is 13.1 Å². The normalized spacial score (nSPS) is 18.4. The summed E-state index contributed by atoms with van der Waals surface area (Å²) in [6, 6.07) is 1.96. The van der Waals surface area contributed by atoms with E-state index < -0.39 is 5.60 Å². The minimum atomic E-state index is -0.685. The zero-order valence-electron chi connectivity index (χ0n) is 9.91. The van der Waals surface area contributed by atoms with Crippen molar-refractivity contribution in [2.24, 2.45) is 0 Å². The van der Waals surface area contributed by atoms with Crippen LogP contribution in [0.1, 0.15) is 34.0 Å². The first-order valence-electron chi connectivity index (χ1n) is 5.54. The molecule has 0 bridgehead atoms. The molecule has 1 amide bonds. The second kappa shape index (κ2) is 3.86. The summed E-state index contributed by atoms with van der Waals surface area (Å²) in [5, 5.41) is 9.59. The molecule has 3 nitrogen and oxygen atoms in total. The van der Waals surface area contributed by atoms with E-state index in [2.05, 4.69) is 6.92 Å². The number of carbonyl (C=O) groups is 1. The highest BCUT2D eigenvalue weighted by molar-refractivity contribution is 7.14. The van der Waals surface area contributed by atoms with Crippen LogP contribution in [0.2, 0.25) is 0 Å². The smallest absolute Gasteiger partial charge is 0.264 e. The first kappa shape index (κ1) is 11.6. The summed E-state index contributed by atoms with van der Waals surface area (Å²) in [6.45, 7) is 6.79. The molecule has 88 valence electrons. The number of likely N-dealkylation sites (tertiary alicyclic amines) is 1. The zero-order chi connectivity index (χ0) is 11.9. The van der Waals surface area contributed by atoms with Gasteiger partial charge in [-0.3, -0.25) is 4.79 Å². The highest BCUT2D eigenvalue weighted by Gasteiger charge is 2.40. The first-order chi connectivity index (χ1) is 7.43. The van der Waals surface area contributed by atoms with Gasteiger partial charge in [0.15, 0.2) is 0 Å². The Balaban J connectivity index is 2.10. The van der Waals surface area contributed by atoms with Gasteiger partial charge < -0.3 is 10.0 Å². The zero-order valence-corrected chi connectivity index (χ0v) is 10.7. The Morgan fingerprint density at radius 3 is 2.69 bits per heavy atom. The molecule has 2 rings (SSSR count). The third kappa shape index (κ3) is 1.99. The molecular weight excluding hydrogens is 222 g/mol. The second-order valence-electron chi connectivity index (χ2n) is 4.73. The summed E-state index contributed by atoms with van der Waals surface area (Å²) in [7, 11) is 0. The molecule has 1 aliphatic heterocycles. The van der Waals surface area contributed by atoms with Crippen molar-refractivity contribution in [2.45, 2.75) is 32.8 Å². The van der Waals surface area contributed by atoms with Gasteiger partial charge in [-0.05, 0) is 31.9 Å². The summed E-state index contributed by atoms with van der Waals surface area (Å²) in [4.78, 5) is 15.8. The van der Waals surface area contributed by atoms with Crippen LogP contribution in [0.4, 0.5) is 0 Å². The molecule has 0 unspecified atom stereocenters. The minimum Gasteiger partial charge on any atom is -0.386 e. The van der Waals surface area contributed by atoms with E-state index >= 15 is 0 Å². The van der Waals surface area contributed by atoms with Crippen LogP contribution in [0.3, 0.4) is 0 Å².